The maximum absolute atomic E-state index is 2.39. The molecule has 0 aliphatic rings. The van der Waals surface area contributed by atoms with Gasteiger partial charge in [0.25, 0.3) is 0 Å². The van der Waals surface area contributed by atoms with Crippen LogP contribution in [0.1, 0.15) is 22.3 Å². The van der Waals surface area contributed by atoms with Crippen molar-refractivity contribution < 1.29 is 0 Å². The van der Waals surface area contributed by atoms with Crippen molar-refractivity contribution in [3.63, 3.8) is 0 Å². The van der Waals surface area contributed by atoms with Gasteiger partial charge in [-0.1, -0.05) is 158 Å². The molecule has 276 valence electrons. The predicted octanol–water partition coefficient (Wildman–Crippen LogP) is 12.0. The molecule has 0 nitrogen and oxygen atoms in total. The summed E-state index contributed by atoms with van der Waals surface area (Å²) in [7, 11) is -3.99. The summed E-state index contributed by atoms with van der Waals surface area (Å²) in [6.07, 6.45) is 6.47. The summed E-state index contributed by atoms with van der Waals surface area (Å²) in [6.45, 7) is 0. The Morgan fingerprint density at radius 1 is 0.268 bits per heavy atom. The molecule has 0 saturated carbocycles. The molecular formula is C52H46Br2P2+2. The monoisotopic (exact) mass is 890 g/mol. The van der Waals surface area contributed by atoms with Crippen molar-refractivity contribution >= 4 is 92.5 Å². The number of halogens is 2. The van der Waals surface area contributed by atoms with Gasteiger partial charge in [-0.05, 0) is 107 Å². The van der Waals surface area contributed by atoms with Crippen LogP contribution in [-0.2, 0) is 12.3 Å². The fourth-order valence-electron chi connectivity index (χ4n) is 7.87. The van der Waals surface area contributed by atoms with E-state index >= 15 is 0 Å². The van der Waals surface area contributed by atoms with Gasteiger partial charge >= 0.3 is 0 Å². The molecule has 56 heavy (non-hydrogen) atoms. The average molecular weight is 893 g/mol. The molecule has 8 aromatic carbocycles. The fraction of sp³-hybridized carbons (Fsp3) is 0.0385. The van der Waals surface area contributed by atoms with Crippen LogP contribution >= 0.6 is 48.5 Å². The van der Waals surface area contributed by atoms with Crippen LogP contribution in [0.2, 0.25) is 0 Å². The molecule has 0 atom stereocenters. The van der Waals surface area contributed by atoms with Crippen LogP contribution < -0.4 is 31.8 Å². The Kier molecular flexibility index (Phi) is 14.2. The second-order valence-electron chi connectivity index (χ2n) is 13.8. The van der Waals surface area contributed by atoms with E-state index in [1.54, 1.807) is 0 Å². The minimum absolute atomic E-state index is 0. The maximum Gasteiger partial charge on any atom is 0.116 e. The molecule has 4 heteroatoms. The minimum atomic E-state index is -2.00. The second kappa shape index (κ2) is 19.5. The number of benzene rings is 8. The Morgan fingerprint density at radius 3 is 0.732 bits per heavy atom. The highest BCUT2D eigenvalue weighted by atomic mass is 79.9. The largest absolute Gasteiger partial charge is 0.116 e. The Morgan fingerprint density at radius 2 is 0.500 bits per heavy atom. The summed E-state index contributed by atoms with van der Waals surface area (Å²) in [5, 5.41) is 8.42. The molecule has 0 aromatic heterocycles. The maximum atomic E-state index is 2.39. The van der Waals surface area contributed by atoms with Crippen LogP contribution in [0.4, 0.5) is 0 Å². The molecular weight excluding hydrogens is 846 g/mol. The van der Waals surface area contributed by atoms with Crippen molar-refractivity contribution in [3.8, 4) is 0 Å². The zero-order valence-electron chi connectivity index (χ0n) is 31.2. The number of hydrogen-bond acceptors (Lipinski definition) is 0. The van der Waals surface area contributed by atoms with Crippen molar-refractivity contribution in [2.75, 3.05) is 0 Å². The molecule has 0 amide bonds. The fourth-order valence-corrected chi connectivity index (χ4v) is 16.3. The summed E-state index contributed by atoms with van der Waals surface area (Å²) in [5.41, 5.74) is 5.12. The van der Waals surface area contributed by atoms with Crippen LogP contribution in [0, 0.1) is 0 Å². The van der Waals surface area contributed by atoms with Gasteiger partial charge < -0.3 is 0 Å². The van der Waals surface area contributed by atoms with Gasteiger partial charge in [-0.2, -0.15) is 0 Å². The van der Waals surface area contributed by atoms with Crippen molar-refractivity contribution in [1.29, 1.82) is 0 Å². The molecule has 0 radical (unpaired) electrons. The van der Waals surface area contributed by atoms with E-state index in [1.807, 2.05) is 0 Å². The van der Waals surface area contributed by atoms with E-state index in [1.165, 1.54) is 54.1 Å². The minimum Gasteiger partial charge on any atom is -0.114 e. The lowest BCUT2D eigenvalue weighted by Gasteiger charge is -2.28. The van der Waals surface area contributed by atoms with E-state index in [4.69, 9.17) is 0 Å². The molecule has 0 saturated heterocycles. The van der Waals surface area contributed by atoms with E-state index in [0.717, 1.165) is 12.3 Å². The Hall–Kier alpha value is -4.68. The van der Waals surface area contributed by atoms with Gasteiger partial charge in [0.2, 0.25) is 0 Å². The molecule has 0 aliphatic carbocycles. The van der Waals surface area contributed by atoms with E-state index in [2.05, 4.69) is 243 Å². The molecule has 0 aliphatic heterocycles. The molecule has 0 bridgehead atoms. The highest BCUT2D eigenvalue weighted by Crippen LogP contribution is 2.59. The van der Waals surface area contributed by atoms with Crippen molar-refractivity contribution in [3.05, 3.63) is 253 Å². The topological polar surface area (TPSA) is 0 Å². The van der Waals surface area contributed by atoms with E-state index < -0.39 is 14.5 Å². The molecule has 8 rings (SSSR count). The van der Waals surface area contributed by atoms with Gasteiger partial charge in [0.15, 0.2) is 0 Å². The molecule has 0 spiro atoms. The first-order valence-corrected chi connectivity index (χ1v) is 22.6. The first kappa shape index (κ1) is 41.0. The van der Waals surface area contributed by atoms with Gasteiger partial charge in [0.1, 0.15) is 46.4 Å². The Labute approximate surface area is 355 Å². The van der Waals surface area contributed by atoms with Crippen molar-refractivity contribution in [2.45, 2.75) is 12.3 Å². The summed E-state index contributed by atoms with van der Waals surface area (Å²) < 4.78 is 0. The predicted molar refractivity (Wildman–Crippen MR) is 260 cm³/mol. The van der Waals surface area contributed by atoms with Crippen LogP contribution in [0.15, 0.2) is 231 Å². The SMILES string of the molecule is Br.Br.C(=C/c1cccc(C[P+](c2ccccc2)(c2ccccc2)c2ccccc2)c1)/c1cccc(C[P+](c2ccccc2)(c2ccccc2)c2ccccc2)c1. The van der Waals surface area contributed by atoms with Gasteiger partial charge in [-0.15, -0.1) is 34.0 Å². The van der Waals surface area contributed by atoms with Crippen molar-refractivity contribution in [2.24, 2.45) is 0 Å². The molecule has 8 aromatic rings. The highest BCUT2D eigenvalue weighted by molar-refractivity contribution is 8.93. The zero-order valence-corrected chi connectivity index (χ0v) is 36.4. The number of hydrogen-bond donors (Lipinski definition) is 0. The quantitative estimate of drug-likeness (QED) is 0.0847. The number of rotatable bonds is 12. The van der Waals surface area contributed by atoms with Crippen LogP contribution in [0.3, 0.4) is 0 Å². The van der Waals surface area contributed by atoms with E-state index in [-0.39, 0.29) is 34.0 Å². The summed E-state index contributed by atoms with van der Waals surface area (Å²) in [6, 6.07) is 85.3. The van der Waals surface area contributed by atoms with Gasteiger partial charge in [0, 0.05) is 0 Å². The third-order valence-electron chi connectivity index (χ3n) is 10.4. The smallest absolute Gasteiger partial charge is 0.114 e. The van der Waals surface area contributed by atoms with Gasteiger partial charge in [-0.3, -0.25) is 0 Å². The van der Waals surface area contributed by atoms with E-state index in [0.29, 0.717) is 0 Å². The van der Waals surface area contributed by atoms with Crippen LogP contribution in [0.5, 0.6) is 0 Å². The lowest BCUT2D eigenvalue weighted by atomic mass is 10.1. The third-order valence-corrected chi connectivity index (χ3v) is 19.1. The Balaban J connectivity index is 0.00000266. The standard InChI is InChI=1S/C52H44P2.2BrH/c1-7-25-47(26-8-1)53(48-27-9-2-10-28-48,49-29-11-3-12-30-49)41-45-23-19-21-43(39-45)37-38-44-22-20-24-46(40-44)42-54(50-31-13-4-14-32-50,51-33-15-5-16-34-51)52-35-17-6-18-36-52;;/h1-40H,41-42H2;2*1H/q+2;;/b38-37-;;. The second-order valence-corrected chi connectivity index (χ2v) is 20.7. The van der Waals surface area contributed by atoms with Crippen molar-refractivity contribution in [1.82, 2.24) is 0 Å². The zero-order chi connectivity index (χ0) is 36.5. The molecule has 0 heterocycles. The Bertz CT molecular complexity index is 2050. The lowest BCUT2D eigenvalue weighted by Crippen LogP contribution is -2.32. The lowest BCUT2D eigenvalue weighted by molar-refractivity contribution is 1.38. The van der Waals surface area contributed by atoms with Crippen LogP contribution in [-0.4, -0.2) is 0 Å². The van der Waals surface area contributed by atoms with Crippen LogP contribution in [0.25, 0.3) is 12.2 Å². The molecule has 0 N–H and O–H groups in total. The summed E-state index contributed by atoms with van der Waals surface area (Å²) in [5.74, 6) is 0. The third kappa shape index (κ3) is 8.81. The van der Waals surface area contributed by atoms with Gasteiger partial charge in [0.05, 0.1) is 12.3 Å². The first-order chi connectivity index (χ1) is 26.7. The highest BCUT2D eigenvalue weighted by Gasteiger charge is 2.46. The molecule has 0 unspecified atom stereocenters. The molecule has 0 fully saturated rings. The average Bonchev–Trinajstić information content (AvgIpc) is 3.26. The van der Waals surface area contributed by atoms with Gasteiger partial charge in [-0.25, -0.2) is 0 Å². The normalized spacial score (nSPS) is 11.4. The first-order valence-electron chi connectivity index (χ1n) is 18.7. The summed E-state index contributed by atoms with van der Waals surface area (Å²) in [4.78, 5) is 0. The summed E-state index contributed by atoms with van der Waals surface area (Å²) >= 11 is 0. The van der Waals surface area contributed by atoms with E-state index in [9.17, 15) is 0 Å².